The van der Waals surface area contributed by atoms with Crippen molar-refractivity contribution < 1.29 is 9.90 Å². The van der Waals surface area contributed by atoms with E-state index in [4.69, 9.17) is 5.11 Å². The molecule has 0 spiro atoms. The molecule has 108 valence electrons. The minimum absolute atomic E-state index is 0.0925. The molecule has 5 nitrogen and oxygen atoms in total. The van der Waals surface area contributed by atoms with Crippen LogP contribution in [0.25, 0.3) is 0 Å². The first kappa shape index (κ1) is 13.4. The number of anilines is 2. The maximum atomic E-state index is 11.0. The van der Waals surface area contributed by atoms with Crippen molar-refractivity contribution in [1.29, 1.82) is 0 Å². The highest BCUT2D eigenvalue weighted by molar-refractivity contribution is 5.85. The van der Waals surface area contributed by atoms with Gasteiger partial charge in [0.15, 0.2) is 0 Å². The van der Waals surface area contributed by atoms with E-state index in [1.807, 2.05) is 18.2 Å². The normalized spacial score (nSPS) is 14.0. The Labute approximate surface area is 123 Å². The Bertz CT molecular complexity index is 672. The van der Waals surface area contributed by atoms with Crippen molar-refractivity contribution in [2.75, 3.05) is 29.9 Å². The molecule has 0 aliphatic carbocycles. The van der Waals surface area contributed by atoms with E-state index in [0.717, 1.165) is 24.5 Å². The monoisotopic (exact) mass is 283 g/mol. The van der Waals surface area contributed by atoms with E-state index in [-0.39, 0.29) is 5.69 Å². The van der Waals surface area contributed by atoms with Crippen LogP contribution in [-0.4, -0.2) is 36.2 Å². The maximum Gasteiger partial charge on any atom is 0.354 e. The molecule has 0 fully saturated rings. The van der Waals surface area contributed by atoms with E-state index in [1.165, 1.54) is 11.8 Å². The summed E-state index contributed by atoms with van der Waals surface area (Å²) in [5, 5.41) is 9.02. The molecule has 0 amide bonds. The Balaban J connectivity index is 1.87. The van der Waals surface area contributed by atoms with Crippen LogP contribution < -0.4 is 9.80 Å². The average molecular weight is 283 g/mol. The Morgan fingerprint density at radius 3 is 2.67 bits per heavy atom. The molecule has 2 heterocycles. The van der Waals surface area contributed by atoms with Crippen LogP contribution in [0, 0.1) is 0 Å². The molecular formula is C16H17N3O2. The summed E-state index contributed by atoms with van der Waals surface area (Å²) < 4.78 is 0. The molecule has 0 bridgehead atoms. The summed E-state index contributed by atoms with van der Waals surface area (Å²) in [6.07, 6.45) is 0. The van der Waals surface area contributed by atoms with Gasteiger partial charge < -0.3 is 14.9 Å². The third-order valence-electron chi connectivity index (χ3n) is 3.72. The zero-order valence-electron chi connectivity index (χ0n) is 11.9. The Kier molecular flexibility index (Phi) is 3.48. The second-order valence-electron chi connectivity index (χ2n) is 5.15. The fourth-order valence-electron chi connectivity index (χ4n) is 2.61. The van der Waals surface area contributed by atoms with Crippen molar-refractivity contribution in [2.24, 2.45) is 0 Å². The summed E-state index contributed by atoms with van der Waals surface area (Å²) in [5.41, 5.74) is 3.22. The number of benzene rings is 1. The lowest BCUT2D eigenvalue weighted by Crippen LogP contribution is -2.38. The van der Waals surface area contributed by atoms with E-state index >= 15 is 0 Å². The van der Waals surface area contributed by atoms with E-state index in [1.54, 1.807) is 6.07 Å². The van der Waals surface area contributed by atoms with Gasteiger partial charge in [-0.2, -0.15) is 0 Å². The number of fused-ring (bicyclic) bond motifs is 1. The van der Waals surface area contributed by atoms with Crippen LogP contribution >= 0.6 is 0 Å². The number of aromatic carboxylic acids is 1. The van der Waals surface area contributed by atoms with Gasteiger partial charge in [-0.25, -0.2) is 9.78 Å². The van der Waals surface area contributed by atoms with E-state index in [9.17, 15) is 4.79 Å². The molecular weight excluding hydrogens is 266 g/mol. The fraction of sp³-hybridized carbons (Fsp3) is 0.250. The lowest BCUT2D eigenvalue weighted by molar-refractivity contribution is 0.0690. The second kappa shape index (κ2) is 5.44. The lowest BCUT2D eigenvalue weighted by Gasteiger charge is -2.36. The number of carboxylic acid groups (broad SMARTS) is 1. The smallest absolute Gasteiger partial charge is 0.354 e. The van der Waals surface area contributed by atoms with E-state index < -0.39 is 5.97 Å². The van der Waals surface area contributed by atoms with E-state index in [0.29, 0.717) is 6.54 Å². The summed E-state index contributed by atoms with van der Waals surface area (Å²) in [7, 11) is 2.08. The molecule has 0 radical (unpaired) electrons. The average Bonchev–Trinajstić information content (AvgIpc) is 2.51. The summed E-state index contributed by atoms with van der Waals surface area (Å²) in [6, 6.07) is 13.4. The first-order chi connectivity index (χ1) is 10.1. The quantitative estimate of drug-likeness (QED) is 0.936. The molecule has 1 aliphatic rings. The number of carboxylic acids is 1. The SMILES string of the molecule is CN1CCN(Cc2cccc(C(=O)O)n2)c2ccccc21. The highest BCUT2D eigenvalue weighted by atomic mass is 16.4. The second-order valence-corrected chi connectivity index (χ2v) is 5.15. The Morgan fingerprint density at radius 2 is 1.90 bits per heavy atom. The van der Waals surface area contributed by atoms with Crippen molar-refractivity contribution in [2.45, 2.75) is 6.54 Å². The van der Waals surface area contributed by atoms with E-state index in [2.05, 4.69) is 34.0 Å². The third kappa shape index (κ3) is 2.67. The number of rotatable bonds is 3. The maximum absolute atomic E-state index is 11.0. The minimum atomic E-state index is -0.990. The molecule has 5 heteroatoms. The van der Waals surface area contributed by atoms with Crippen molar-refractivity contribution in [3.05, 3.63) is 53.9 Å². The van der Waals surface area contributed by atoms with Gasteiger partial charge in [-0.15, -0.1) is 0 Å². The summed E-state index contributed by atoms with van der Waals surface area (Å²) in [6.45, 7) is 2.45. The van der Waals surface area contributed by atoms with Crippen molar-refractivity contribution in [3.63, 3.8) is 0 Å². The predicted octanol–water partition coefficient (Wildman–Crippen LogP) is 2.24. The van der Waals surface area contributed by atoms with Gasteiger partial charge in [0.2, 0.25) is 0 Å². The van der Waals surface area contributed by atoms with Gasteiger partial charge in [-0.3, -0.25) is 0 Å². The number of hydrogen-bond donors (Lipinski definition) is 1. The van der Waals surface area contributed by atoms with Gasteiger partial charge in [0, 0.05) is 20.1 Å². The largest absolute Gasteiger partial charge is 0.477 e. The van der Waals surface area contributed by atoms with Gasteiger partial charge in [-0.05, 0) is 24.3 Å². The van der Waals surface area contributed by atoms with Crippen molar-refractivity contribution in [3.8, 4) is 0 Å². The molecule has 1 aromatic carbocycles. The number of carbonyl (C=O) groups is 1. The molecule has 0 saturated carbocycles. The van der Waals surface area contributed by atoms with Crippen LogP contribution in [0.1, 0.15) is 16.2 Å². The first-order valence-corrected chi connectivity index (χ1v) is 6.89. The lowest BCUT2D eigenvalue weighted by atomic mass is 10.1. The molecule has 3 rings (SSSR count). The number of hydrogen-bond acceptors (Lipinski definition) is 4. The molecule has 1 N–H and O–H groups in total. The number of para-hydroxylation sites is 2. The zero-order chi connectivity index (χ0) is 14.8. The number of pyridine rings is 1. The minimum Gasteiger partial charge on any atom is -0.477 e. The molecule has 0 saturated heterocycles. The molecule has 1 aliphatic heterocycles. The standard InChI is InChI=1S/C16H17N3O2/c1-18-9-10-19(15-8-3-2-7-14(15)18)11-12-5-4-6-13(17-12)16(20)21/h2-8H,9-11H2,1H3,(H,20,21). The number of likely N-dealkylation sites (N-methyl/N-ethyl adjacent to an activating group) is 1. The van der Waals surface area contributed by atoms with Gasteiger partial charge in [-0.1, -0.05) is 18.2 Å². The topological polar surface area (TPSA) is 56.7 Å². The van der Waals surface area contributed by atoms with Crippen LogP contribution in [0.2, 0.25) is 0 Å². The predicted molar refractivity (Wildman–Crippen MR) is 82.0 cm³/mol. The van der Waals surface area contributed by atoms with Crippen LogP contribution in [-0.2, 0) is 6.54 Å². The molecule has 0 atom stereocenters. The molecule has 0 unspecified atom stereocenters. The third-order valence-corrected chi connectivity index (χ3v) is 3.72. The molecule has 2 aromatic rings. The van der Waals surface area contributed by atoms with Crippen LogP contribution in [0.15, 0.2) is 42.5 Å². The van der Waals surface area contributed by atoms with Crippen LogP contribution in [0.4, 0.5) is 11.4 Å². The number of nitrogens with zero attached hydrogens (tertiary/aromatic N) is 3. The summed E-state index contributed by atoms with van der Waals surface area (Å²) in [5.74, 6) is -0.990. The molecule has 21 heavy (non-hydrogen) atoms. The highest BCUT2D eigenvalue weighted by Gasteiger charge is 2.20. The molecule has 1 aromatic heterocycles. The first-order valence-electron chi connectivity index (χ1n) is 6.89. The van der Waals surface area contributed by atoms with Crippen molar-refractivity contribution >= 4 is 17.3 Å². The van der Waals surface area contributed by atoms with Crippen molar-refractivity contribution in [1.82, 2.24) is 4.98 Å². The van der Waals surface area contributed by atoms with Crippen LogP contribution in [0.3, 0.4) is 0 Å². The number of aromatic nitrogens is 1. The zero-order valence-corrected chi connectivity index (χ0v) is 11.9. The fourth-order valence-corrected chi connectivity index (χ4v) is 2.61. The van der Waals surface area contributed by atoms with Gasteiger partial charge in [0.25, 0.3) is 0 Å². The van der Waals surface area contributed by atoms with Gasteiger partial charge in [0.05, 0.1) is 23.6 Å². The van der Waals surface area contributed by atoms with Crippen LogP contribution in [0.5, 0.6) is 0 Å². The summed E-state index contributed by atoms with van der Waals surface area (Å²) in [4.78, 5) is 19.7. The van der Waals surface area contributed by atoms with Gasteiger partial charge in [0.1, 0.15) is 5.69 Å². The Morgan fingerprint density at radius 1 is 1.14 bits per heavy atom. The summed E-state index contributed by atoms with van der Waals surface area (Å²) >= 11 is 0. The Hall–Kier alpha value is -2.56. The highest BCUT2D eigenvalue weighted by Crippen LogP contribution is 2.32. The van der Waals surface area contributed by atoms with Gasteiger partial charge >= 0.3 is 5.97 Å².